The zero-order valence-corrected chi connectivity index (χ0v) is 22.3. The number of aryl methyl sites for hydroxylation is 1. The first-order valence-electron chi connectivity index (χ1n) is 12.8. The molecule has 0 saturated carbocycles. The van der Waals surface area contributed by atoms with Gasteiger partial charge in [0, 0.05) is 28.8 Å². The lowest BCUT2D eigenvalue weighted by Gasteiger charge is -2.35. The number of hydrogen-bond acceptors (Lipinski definition) is 4. The Morgan fingerprint density at radius 2 is 1.85 bits per heavy atom. The molecule has 1 aliphatic carbocycles. The number of benzene rings is 2. The van der Waals surface area contributed by atoms with Gasteiger partial charge in [0.2, 0.25) is 11.8 Å². The number of thiophene rings is 1. The Labute approximate surface area is 235 Å². The molecule has 0 unspecified atom stereocenters. The van der Waals surface area contributed by atoms with Crippen LogP contribution in [0.2, 0.25) is 0 Å². The van der Waals surface area contributed by atoms with Gasteiger partial charge in [-0.25, -0.2) is 9.18 Å². The number of carboxylic acid groups (broad SMARTS) is 1. The first-order valence-corrected chi connectivity index (χ1v) is 13.6. The number of para-hydroxylation sites is 1. The molecular formula is C29H25F4N3O4S. The third kappa shape index (κ3) is 5.83. The molecule has 5 rings (SSSR count). The number of fused-ring (bicyclic) bond motifs is 3. The highest BCUT2D eigenvalue weighted by atomic mass is 32.1. The average molecular weight is 588 g/mol. The van der Waals surface area contributed by atoms with Crippen LogP contribution in [0.4, 0.5) is 17.6 Å². The Bertz CT molecular complexity index is 1620. The topological polar surface area (TPSA) is 111 Å². The fourth-order valence-electron chi connectivity index (χ4n) is 5.27. The molecule has 2 heterocycles. The third-order valence-electron chi connectivity index (χ3n) is 7.33. The van der Waals surface area contributed by atoms with E-state index in [1.165, 1.54) is 41.7 Å². The largest absolute Gasteiger partial charge is 0.479 e. The standard InChI is InChI=1S/C29H25F4N3O4S/c30-21-9-2-1-5-16(21)13-24(37)34-23(14-17-6-4-12-41-17)26(38)36-28(27(39)40)11-10-22-19(15-28)18-7-3-8-20(25(18)35-22)29(31,32)33/h1-9,12,23,35H,10-11,13-15H2,(H,34,37)(H,36,38)(H,39,40)/t23-,28-/m1/s1. The van der Waals surface area contributed by atoms with E-state index in [1.54, 1.807) is 23.6 Å². The van der Waals surface area contributed by atoms with Gasteiger partial charge in [0.15, 0.2) is 0 Å². The van der Waals surface area contributed by atoms with E-state index in [2.05, 4.69) is 15.6 Å². The number of alkyl halides is 3. The van der Waals surface area contributed by atoms with Gasteiger partial charge in [-0.05, 0) is 47.5 Å². The minimum absolute atomic E-state index is 0.0650. The molecule has 4 N–H and O–H groups in total. The summed E-state index contributed by atoms with van der Waals surface area (Å²) in [5.74, 6) is -3.30. The number of amides is 2. The Morgan fingerprint density at radius 3 is 2.54 bits per heavy atom. The van der Waals surface area contributed by atoms with Gasteiger partial charge >= 0.3 is 12.1 Å². The van der Waals surface area contributed by atoms with Crippen LogP contribution in [-0.2, 0) is 46.2 Å². The molecule has 4 aromatic rings. The van der Waals surface area contributed by atoms with Crippen LogP contribution in [0, 0.1) is 5.82 Å². The van der Waals surface area contributed by atoms with Crippen molar-refractivity contribution in [1.82, 2.24) is 15.6 Å². The predicted octanol–water partition coefficient (Wildman–Crippen LogP) is 4.79. The second-order valence-electron chi connectivity index (χ2n) is 10.0. The average Bonchev–Trinajstić information content (AvgIpc) is 3.56. The Balaban J connectivity index is 1.42. The van der Waals surface area contributed by atoms with Crippen molar-refractivity contribution in [2.75, 3.05) is 0 Å². The lowest BCUT2D eigenvalue weighted by Crippen LogP contribution is -2.62. The number of carbonyl (C=O) groups excluding carboxylic acids is 2. The highest BCUT2D eigenvalue weighted by Gasteiger charge is 2.46. The number of aliphatic carboxylic acids is 1. The lowest BCUT2D eigenvalue weighted by molar-refractivity contribution is -0.148. The molecule has 1 aliphatic rings. The van der Waals surface area contributed by atoms with Crippen LogP contribution in [0.1, 0.15) is 33.7 Å². The number of carboxylic acids is 1. The molecule has 2 atom stereocenters. The molecule has 12 heteroatoms. The molecule has 0 bridgehead atoms. The maximum absolute atomic E-state index is 14.1. The van der Waals surface area contributed by atoms with E-state index < -0.39 is 46.9 Å². The summed E-state index contributed by atoms with van der Waals surface area (Å²) < 4.78 is 55.0. The second kappa shape index (κ2) is 11.0. The fourth-order valence-corrected chi connectivity index (χ4v) is 6.02. The van der Waals surface area contributed by atoms with Gasteiger partial charge in [-0.15, -0.1) is 11.3 Å². The van der Waals surface area contributed by atoms with Crippen LogP contribution in [0.25, 0.3) is 10.9 Å². The van der Waals surface area contributed by atoms with Gasteiger partial charge in [-0.1, -0.05) is 36.4 Å². The van der Waals surface area contributed by atoms with Crippen molar-refractivity contribution in [3.05, 3.63) is 93.1 Å². The first-order chi connectivity index (χ1) is 19.5. The van der Waals surface area contributed by atoms with Gasteiger partial charge in [-0.3, -0.25) is 9.59 Å². The highest BCUT2D eigenvalue weighted by Crippen LogP contribution is 2.40. The molecule has 0 spiro atoms. The van der Waals surface area contributed by atoms with Crippen molar-refractivity contribution in [2.24, 2.45) is 0 Å². The number of halogens is 4. The first kappa shape index (κ1) is 28.3. The summed E-state index contributed by atoms with van der Waals surface area (Å²) in [5, 5.41) is 17.5. The summed E-state index contributed by atoms with van der Waals surface area (Å²) in [5.41, 5.74) is -1.80. The molecular weight excluding hydrogens is 562 g/mol. The summed E-state index contributed by atoms with van der Waals surface area (Å²) in [6.07, 6.45) is -5.12. The number of hydrogen-bond donors (Lipinski definition) is 4. The minimum Gasteiger partial charge on any atom is -0.479 e. The SMILES string of the molecule is O=C(Cc1ccccc1F)N[C@H](Cc1cccs1)C(=O)N[C@]1(C(=O)O)CCc2[nH]c3c(C(F)(F)F)cccc3c2C1. The van der Waals surface area contributed by atoms with Gasteiger partial charge < -0.3 is 20.7 Å². The fraction of sp³-hybridized carbons (Fsp3) is 0.276. The molecule has 0 radical (unpaired) electrons. The molecule has 0 fully saturated rings. The summed E-state index contributed by atoms with van der Waals surface area (Å²) in [4.78, 5) is 42.6. The van der Waals surface area contributed by atoms with E-state index >= 15 is 0 Å². The zero-order valence-electron chi connectivity index (χ0n) is 21.5. The van der Waals surface area contributed by atoms with E-state index in [-0.39, 0.29) is 48.6 Å². The third-order valence-corrected chi connectivity index (χ3v) is 8.23. The monoisotopic (exact) mass is 587 g/mol. The molecule has 2 aromatic carbocycles. The molecule has 7 nitrogen and oxygen atoms in total. The molecule has 0 aliphatic heterocycles. The molecule has 2 amide bonds. The van der Waals surface area contributed by atoms with Gasteiger partial charge in [0.05, 0.1) is 17.5 Å². The number of nitrogens with one attached hydrogen (secondary N) is 3. The molecule has 41 heavy (non-hydrogen) atoms. The van der Waals surface area contributed by atoms with Crippen LogP contribution < -0.4 is 10.6 Å². The van der Waals surface area contributed by atoms with Crippen molar-refractivity contribution >= 4 is 40.0 Å². The predicted molar refractivity (Wildman–Crippen MR) is 144 cm³/mol. The van der Waals surface area contributed by atoms with Crippen molar-refractivity contribution < 1.29 is 37.1 Å². The Kier molecular flexibility index (Phi) is 7.60. The van der Waals surface area contributed by atoms with E-state index in [0.717, 1.165) is 10.9 Å². The molecule has 0 saturated heterocycles. The maximum Gasteiger partial charge on any atom is 0.418 e. The van der Waals surface area contributed by atoms with Crippen LogP contribution in [0.3, 0.4) is 0 Å². The van der Waals surface area contributed by atoms with Gasteiger partial charge in [0.1, 0.15) is 17.4 Å². The van der Waals surface area contributed by atoms with E-state index in [9.17, 15) is 37.1 Å². The second-order valence-corrected chi connectivity index (χ2v) is 11.1. The van der Waals surface area contributed by atoms with Crippen LogP contribution in [0.5, 0.6) is 0 Å². The zero-order chi connectivity index (χ0) is 29.4. The molecule has 214 valence electrons. The van der Waals surface area contributed by atoms with Crippen molar-refractivity contribution in [1.29, 1.82) is 0 Å². The van der Waals surface area contributed by atoms with E-state index in [4.69, 9.17) is 0 Å². The van der Waals surface area contributed by atoms with Crippen molar-refractivity contribution in [3.63, 3.8) is 0 Å². The smallest absolute Gasteiger partial charge is 0.418 e. The number of H-pyrrole nitrogens is 1. The van der Waals surface area contributed by atoms with Crippen LogP contribution in [0.15, 0.2) is 60.0 Å². The summed E-state index contributed by atoms with van der Waals surface area (Å²) >= 11 is 1.35. The number of carbonyl (C=O) groups is 3. The number of aromatic nitrogens is 1. The summed E-state index contributed by atoms with van der Waals surface area (Å²) in [7, 11) is 0. The minimum atomic E-state index is -4.61. The van der Waals surface area contributed by atoms with Crippen LogP contribution >= 0.6 is 11.3 Å². The highest BCUT2D eigenvalue weighted by molar-refractivity contribution is 7.09. The molecule has 2 aromatic heterocycles. The number of aromatic amines is 1. The van der Waals surface area contributed by atoms with Gasteiger partial charge in [-0.2, -0.15) is 13.2 Å². The van der Waals surface area contributed by atoms with E-state index in [0.29, 0.717) is 11.3 Å². The quantitative estimate of drug-likeness (QED) is 0.222. The maximum atomic E-state index is 14.1. The van der Waals surface area contributed by atoms with Crippen molar-refractivity contribution in [2.45, 2.75) is 49.9 Å². The summed E-state index contributed by atoms with van der Waals surface area (Å²) in [6.45, 7) is 0. The Morgan fingerprint density at radius 1 is 1.07 bits per heavy atom. The van der Waals surface area contributed by atoms with Gasteiger partial charge in [0.25, 0.3) is 0 Å². The van der Waals surface area contributed by atoms with Crippen LogP contribution in [-0.4, -0.2) is 39.5 Å². The van der Waals surface area contributed by atoms with E-state index in [1.807, 2.05) is 0 Å². The number of rotatable bonds is 8. The normalized spacial score (nSPS) is 17.6. The lowest BCUT2D eigenvalue weighted by atomic mass is 9.79. The Hall–Kier alpha value is -4.19. The summed E-state index contributed by atoms with van der Waals surface area (Å²) in [6, 6.07) is 11.8. The van der Waals surface area contributed by atoms with Crippen molar-refractivity contribution in [3.8, 4) is 0 Å².